The van der Waals surface area contributed by atoms with Crippen LogP contribution in [-0.4, -0.2) is 52.0 Å². The van der Waals surface area contributed by atoms with Gasteiger partial charge in [-0.15, -0.1) is 0 Å². The van der Waals surface area contributed by atoms with E-state index in [4.69, 9.17) is 5.84 Å². The molecule has 3 rings (SSSR count). The monoisotopic (exact) mass is 279 g/mol. The maximum absolute atomic E-state index is 11.1. The minimum absolute atomic E-state index is 0.0797. The van der Waals surface area contributed by atoms with Crippen molar-refractivity contribution in [2.45, 2.75) is 18.9 Å². The van der Waals surface area contributed by atoms with Crippen LogP contribution >= 0.6 is 0 Å². The molecule has 1 saturated carbocycles. The highest BCUT2D eigenvalue weighted by atomic mass is 16.6. The highest BCUT2D eigenvalue weighted by Gasteiger charge is 2.33. The van der Waals surface area contributed by atoms with Gasteiger partial charge in [0.2, 0.25) is 11.8 Å². The summed E-state index contributed by atoms with van der Waals surface area (Å²) in [5.41, 5.74) is 2.25. The standard InChI is InChI=1S/C11H17N7O2/c12-15-11-13-7-9(18(19)20)10(14-11)17-5-3-16(4-6-17)8-1-2-8/h7-8H,1-6,12H2,(H,13,14,15). The average Bonchev–Trinajstić information content (AvgIpc) is 3.31. The van der Waals surface area contributed by atoms with Crippen molar-refractivity contribution in [3.8, 4) is 0 Å². The van der Waals surface area contributed by atoms with Gasteiger partial charge in [-0.1, -0.05) is 0 Å². The molecule has 0 atom stereocenters. The smallest absolute Gasteiger partial charge is 0.329 e. The van der Waals surface area contributed by atoms with Crippen molar-refractivity contribution in [2.24, 2.45) is 5.84 Å². The number of hydrogen-bond acceptors (Lipinski definition) is 8. The minimum atomic E-state index is -0.455. The van der Waals surface area contributed by atoms with E-state index in [0.717, 1.165) is 32.2 Å². The van der Waals surface area contributed by atoms with Gasteiger partial charge in [-0.05, 0) is 12.8 Å². The first-order valence-corrected chi connectivity index (χ1v) is 6.66. The minimum Gasteiger partial charge on any atom is -0.348 e. The number of aromatic nitrogens is 2. The van der Waals surface area contributed by atoms with Gasteiger partial charge < -0.3 is 4.90 Å². The van der Waals surface area contributed by atoms with Crippen LogP contribution in [0.4, 0.5) is 17.5 Å². The van der Waals surface area contributed by atoms with E-state index in [0.29, 0.717) is 5.82 Å². The van der Waals surface area contributed by atoms with Crippen LogP contribution in [0.5, 0.6) is 0 Å². The number of nitrogens with zero attached hydrogens (tertiary/aromatic N) is 5. The second-order valence-corrected chi connectivity index (χ2v) is 5.06. The first-order valence-electron chi connectivity index (χ1n) is 6.66. The Labute approximate surface area is 115 Å². The van der Waals surface area contributed by atoms with Crippen LogP contribution in [-0.2, 0) is 0 Å². The third kappa shape index (κ3) is 2.49. The number of anilines is 2. The quantitative estimate of drug-likeness (QED) is 0.448. The van der Waals surface area contributed by atoms with E-state index in [1.54, 1.807) is 0 Å². The fourth-order valence-electron chi connectivity index (χ4n) is 2.54. The molecule has 0 radical (unpaired) electrons. The molecule has 0 unspecified atom stereocenters. The summed E-state index contributed by atoms with van der Waals surface area (Å²) in [7, 11) is 0. The maximum atomic E-state index is 11.1. The highest BCUT2D eigenvalue weighted by molar-refractivity contribution is 5.59. The zero-order valence-electron chi connectivity index (χ0n) is 11.0. The molecule has 0 spiro atoms. The summed E-state index contributed by atoms with van der Waals surface area (Å²) in [6.07, 6.45) is 3.74. The SMILES string of the molecule is NNc1ncc([N+](=O)[O-])c(N2CCN(C3CC3)CC2)n1. The van der Waals surface area contributed by atoms with Gasteiger partial charge in [-0.25, -0.2) is 10.8 Å². The maximum Gasteiger partial charge on any atom is 0.329 e. The van der Waals surface area contributed by atoms with Crippen molar-refractivity contribution >= 4 is 17.5 Å². The highest BCUT2D eigenvalue weighted by Crippen LogP contribution is 2.30. The van der Waals surface area contributed by atoms with E-state index in [1.165, 1.54) is 19.0 Å². The average molecular weight is 279 g/mol. The van der Waals surface area contributed by atoms with E-state index >= 15 is 0 Å². The summed E-state index contributed by atoms with van der Waals surface area (Å²) in [5, 5.41) is 11.1. The predicted molar refractivity (Wildman–Crippen MR) is 73.3 cm³/mol. The van der Waals surface area contributed by atoms with E-state index < -0.39 is 4.92 Å². The van der Waals surface area contributed by atoms with Crippen LogP contribution in [0.2, 0.25) is 0 Å². The molecule has 9 nitrogen and oxygen atoms in total. The lowest BCUT2D eigenvalue weighted by atomic mass is 10.3. The molecule has 0 bridgehead atoms. The second kappa shape index (κ2) is 5.17. The molecule has 1 aliphatic heterocycles. The summed E-state index contributed by atoms with van der Waals surface area (Å²) in [6.45, 7) is 3.30. The van der Waals surface area contributed by atoms with Crippen LogP contribution < -0.4 is 16.2 Å². The van der Waals surface area contributed by atoms with Crippen LogP contribution in [0.25, 0.3) is 0 Å². The topological polar surface area (TPSA) is 113 Å². The number of nitro groups is 1. The van der Waals surface area contributed by atoms with Crippen molar-refractivity contribution < 1.29 is 4.92 Å². The molecular weight excluding hydrogens is 262 g/mol. The summed E-state index contributed by atoms with van der Waals surface area (Å²) >= 11 is 0. The second-order valence-electron chi connectivity index (χ2n) is 5.06. The molecule has 1 aromatic rings. The Morgan fingerprint density at radius 2 is 2.05 bits per heavy atom. The molecule has 9 heteroatoms. The zero-order valence-corrected chi connectivity index (χ0v) is 11.0. The fraction of sp³-hybridized carbons (Fsp3) is 0.636. The third-order valence-electron chi connectivity index (χ3n) is 3.75. The lowest BCUT2D eigenvalue weighted by Gasteiger charge is -2.35. The molecule has 2 heterocycles. The number of nitrogens with one attached hydrogen (secondary N) is 1. The van der Waals surface area contributed by atoms with Crippen LogP contribution in [0.1, 0.15) is 12.8 Å². The van der Waals surface area contributed by atoms with E-state index in [1.807, 2.05) is 4.90 Å². The predicted octanol–water partition coefficient (Wildman–Crippen LogP) is -0.0452. The number of hydrogen-bond donors (Lipinski definition) is 2. The van der Waals surface area contributed by atoms with Crippen LogP contribution in [0.3, 0.4) is 0 Å². The van der Waals surface area contributed by atoms with Crippen LogP contribution in [0.15, 0.2) is 6.20 Å². The fourth-order valence-corrected chi connectivity index (χ4v) is 2.54. The van der Waals surface area contributed by atoms with Gasteiger partial charge in [-0.2, -0.15) is 4.98 Å². The summed E-state index contributed by atoms with van der Waals surface area (Å²) in [6, 6.07) is 0.721. The van der Waals surface area contributed by atoms with Gasteiger partial charge in [0.05, 0.1) is 4.92 Å². The first kappa shape index (κ1) is 13.0. The lowest BCUT2D eigenvalue weighted by molar-refractivity contribution is -0.384. The van der Waals surface area contributed by atoms with Gasteiger partial charge in [0.25, 0.3) is 0 Å². The zero-order chi connectivity index (χ0) is 14.1. The molecule has 1 aromatic heterocycles. The Bertz CT molecular complexity index is 511. The normalized spacial score (nSPS) is 19.9. The molecule has 1 aliphatic carbocycles. The largest absolute Gasteiger partial charge is 0.348 e. The number of nitrogens with two attached hydrogens (primary N) is 1. The van der Waals surface area contributed by atoms with Gasteiger partial charge >= 0.3 is 5.69 Å². The van der Waals surface area contributed by atoms with Gasteiger partial charge in [0, 0.05) is 32.2 Å². The molecule has 0 amide bonds. The van der Waals surface area contributed by atoms with Crippen molar-refractivity contribution in [1.29, 1.82) is 0 Å². The summed E-state index contributed by atoms with van der Waals surface area (Å²) < 4.78 is 0. The molecule has 2 fully saturated rings. The van der Waals surface area contributed by atoms with Gasteiger partial charge in [0.1, 0.15) is 6.20 Å². The molecule has 0 aromatic carbocycles. The number of hydrazine groups is 1. The Kier molecular flexibility index (Phi) is 3.36. The van der Waals surface area contributed by atoms with Crippen molar-refractivity contribution in [2.75, 3.05) is 36.5 Å². The lowest BCUT2D eigenvalue weighted by Crippen LogP contribution is -2.47. The van der Waals surface area contributed by atoms with Crippen molar-refractivity contribution in [1.82, 2.24) is 14.9 Å². The molecule has 2 aliphatic rings. The summed E-state index contributed by atoms with van der Waals surface area (Å²) in [5.74, 6) is 5.80. The number of rotatable bonds is 4. The third-order valence-corrected chi connectivity index (χ3v) is 3.75. The molecular formula is C11H17N7O2. The molecule has 108 valence electrons. The molecule has 20 heavy (non-hydrogen) atoms. The number of nitrogen functional groups attached to an aromatic ring is 1. The Morgan fingerprint density at radius 1 is 1.35 bits per heavy atom. The Balaban J connectivity index is 1.79. The van der Waals surface area contributed by atoms with Gasteiger partial charge in [-0.3, -0.25) is 20.4 Å². The van der Waals surface area contributed by atoms with Crippen molar-refractivity contribution in [3.05, 3.63) is 16.3 Å². The van der Waals surface area contributed by atoms with Crippen LogP contribution in [0, 0.1) is 10.1 Å². The Morgan fingerprint density at radius 3 is 2.60 bits per heavy atom. The van der Waals surface area contributed by atoms with E-state index in [-0.39, 0.29) is 11.6 Å². The van der Waals surface area contributed by atoms with E-state index in [2.05, 4.69) is 20.3 Å². The molecule has 3 N–H and O–H groups in total. The van der Waals surface area contributed by atoms with Gasteiger partial charge in [0.15, 0.2) is 0 Å². The van der Waals surface area contributed by atoms with E-state index in [9.17, 15) is 10.1 Å². The first-order chi connectivity index (χ1) is 9.69. The Hall–Kier alpha value is -2.00. The summed E-state index contributed by atoms with van der Waals surface area (Å²) in [4.78, 5) is 22.9. The number of piperazine rings is 1. The molecule has 1 saturated heterocycles. The van der Waals surface area contributed by atoms with Crippen molar-refractivity contribution in [3.63, 3.8) is 0 Å².